The van der Waals surface area contributed by atoms with Gasteiger partial charge in [0.05, 0.1) is 11.8 Å². The molecule has 2 rings (SSSR count). The maximum atomic E-state index is 13.7. The first kappa shape index (κ1) is 16.7. The summed E-state index contributed by atoms with van der Waals surface area (Å²) >= 11 is 0. The fourth-order valence-corrected chi connectivity index (χ4v) is 2.22. The minimum absolute atomic E-state index is 0.0476. The number of furan rings is 1. The Balaban J connectivity index is 2.23. The lowest BCUT2D eigenvalue weighted by Crippen LogP contribution is -2.28. The van der Waals surface area contributed by atoms with Crippen LogP contribution in [0.2, 0.25) is 0 Å². The number of aliphatic carboxylic acids is 1. The quantitative estimate of drug-likeness (QED) is 0.918. The minimum Gasteiger partial charge on any atom is -0.481 e. The first-order valence-corrected chi connectivity index (χ1v) is 6.77. The van der Waals surface area contributed by atoms with E-state index in [1.54, 1.807) is 6.92 Å². The summed E-state index contributed by atoms with van der Waals surface area (Å²) in [6, 6.07) is 3.11. The highest BCUT2D eigenvalue weighted by molar-refractivity contribution is 5.97. The number of rotatable bonds is 5. The van der Waals surface area contributed by atoms with Gasteiger partial charge in [-0.25, -0.2) is 8.78 Å². The monoisotopic (exact) mass is 323 g/mol. The van der Waals surface area contributed by atoms with Gasteiger partial charge in [0, 0.05) is 30.8 Å². The number of aryl methyl sites for hydroxylation is 1. The summed E-state index contributed by atoms with van der Waals surface area (Å²) in [5, 5.41) is 8.85. The Morgan fingerprint density at radius 2 is 2.00 bits per heavy atom. The third-order valence-corrected chi connectivity index (χ3v) is 3.35. The molecule has 1 aromatic heterocycles. The normalized spacial score (nSPS) is 10.6. The van der Waals surface area contributed by atoms with Crippen LogP contribution in [0.25, 0.3) is 0 Å². The maximum absolute atomic E-state index is 13.7. The zero-order valence-corrected chi connectivity index (χ0v) is 12.6. The van der Waals surface area contributed by atoms with E-state index in [2.05, 4.69) is 0 Å². The lowest BCUT2D eigenvalue weighted by Gasteiger charge is -2.18. The SMILES string of the molecule is Cc1coc(CC(=O)O)c1C(=O)N(C)Cc1ccc(F)cc1F. The molecular weight excluding hydrogens is 308 g/mol. The molecule has 1 heterocycles. The first-order valence-electron chi connectivity index (χ1n) is 6.77. The number of nitrogens with zero attached hydrogens (tertiary/aromatic N) is 1. The van der Waals surface area contributed by atoms with Crippen LogP contribution in [0, 0.1) is 18.6 Å². The van der Waals surface area contributed by atoms with Crippen molar-refractivity contribution in [1.82, 2.24) is 4.90 Å². The molecule has 0 saturated heterocycles. The van der Waals surface area contributed by atoms with Gasteiger partial charge in [-0.1, -0.05) is 6.07 Å². The largest absolute Gasteiger partial charge is 0.481 e. The predicted molar refractivity (Wildman–Crippen MR) is 76.9 cm³/mol. The summed E-state index contributed by atoms with van der Waals surface area (Å²) in [6.07, 6.45) is 0.880. The third-order valence-electron chi connectivity index (χ3n) is 3.35. The number of carbonyl (C=O) groups is 2. The molecule has 0 radical (unpaired) electrons. The van der Waals surface area contributed by atoms with Crippen molar-refractivity contribution in [3.05, 3.63) is 58.5 Å². The highest BCUT2D eigenvalue weighted by atomic mass is 19.1. The molecule has 0 bridgehead atoms. The lowest BCUT2D eigenvalue weighted by molar-refractivity contribution is -0.136. The van der Waals surface area contributed by atoms with Gasteiger partial charge < -0.3 is 14.4 Å². The first-order chi connectivity index (χ1) is 10.8. The van der Waals surface area contributed by atoms with Crippen molar-refractivity contribution in [1.29, 1.82) is 0 Å². The van der Waals surface area contributed by atoms with Crippen molar-refractivity contribution in [3.8, 4) is 0 Å². The van der Waals surface area contributed by atoms with Gasteiger partial charge in [0.1, 0.15) is 23.8 Å². The van der Waals surface area contributed by atoms with Gasteiger partial charge in [0.15, 0.2) is 0 Å². The summed E-state index contributed by atoms with van der Waals surface area (Å²) < 4.78 is 31.7. The molecule has 23 heavy (non-hydrogen) atoms. The van der Waals surface area contributed by atoms with Gasteiger partial charge >= 0.3 is 5.97 Å². The zero-order valence-electron chi connectivity index (χ0n) is 12.6. The molecule has 7 heteroatoms. The molecule has 0 spiro atoms. The summed E-state index contributed by atoms with van der Waals surface area (Å²) in [6.45, 7) is 1.54. The van der Waals surface area contributed by atoms with Crippen LogP contribution < -0.4 is 0 Å². The van der Waals surface area contributed by atoms with E-state index in [1.807, 2.05) is 0 Å². The molecule has 0 atom stereocenters. The van der Waals surface area contributed by atoms with E-state index in [-0.39, 0.29) is 23.4 Å². The van der Waals surface area contributed by atoms with E-state index >= 15 is 0 Å². The molecule has 1 N–H and O–H groups in total. The number of carboxylic acids is 1. The van der Waals surface area contributed by atoms with E-state index < -0.39 is 29.9 Å². The molecule has 0 fully saturated rings. The number of hydrogen-bond donors (Lipinski definition) is 1. The van der Waals surface area contributed by atoms with Gasteiger partial charge in [-0.2, -0.15) is 0 Å². The smallest absolute Gasteiger partial charge is 0.311 e. The van der Waals surface area contributed by atoms with Crippen LogP contribution in [-0.4, -0.2) is 28.9 Å². The summed E-state index contributed by atoms with van der Waals surface area (Å²) in [4.78, 5) is 24.5. The van der Waals surface area contributed by atoms with Crippen LogP contribution in [0.15, 0.2) is 28.9 Å². The van der Waals surface area contributed by atoms with Gasteiger partial charge in [-0.3, -0.25) is 9.59 Å². The highest BCUT2D eigenvalue weighted by Gasteiger charge is 2.23. The molecule has 1 amide bonds. The molecule has 2 aromatic rings. The van der Waals surface area contributed by atoms with Crippen molar-refractivity contribution in [3.63, 3.8) is 0 Å². The molecule has 0 saturated carbocycles. The molecule has 5 nitrogen and oxygen atoms in total. The van der Waals surface area contributed by atoms with Crippen molar-refractivity contribution in [2.45, 2.75) is 19.9 Å². The Morgan fingerprint density at radius 1 is 1.30 bits per heavy atom. The minimum atomic E-state index is -1.12. The van der Waals surface area contributed by atoms with E-state index in [0.29, 0.717) is 5.56 Å². The van der Waals surface area contributed by atoms with Crippen molar-refractivity contribution < 1.29 is 27.9 Å². The number of carbonyl (C=O) groups excluding carboxylic acids is 1. The number of amides is 1. The fourth-order valence-electron chi connectivity index (χ4n) is 2.22. The van der Waals surface area contributed by atoms with Crippen LogP contribution in [0.1, 0.15) is 27.2 Å². The molecule has 0 aliphatic carbocycles. The van der Waals surface area contributed by atoms with Gasteiger partial charge in [0.2, 0.25) is 0 Å². The van der Waals surface area contributed by atoms with Gasteiger partial charge in [-0.15, -0.1) is 0 Å². The molecule has 122 valence electrons. The third kappa shape index (κ3) is 3.74. The van der Waals surface area contributed by atoms with Crippen LogP contribution in [-0.2, 0) is 17.8 Å². The molecule has 0 aliphatic heterocycles. The van der Waals surface area contributed by atoms with Gasteiger partial charge in [0.25, 0.3) is 5.91 Å². The summed E-state index contributed by atoms with van der Waals surface area (Å²) in [5.41, 5.74) is 0.804. The van der Waals surface area contributed by atoms with Gasteiger partial charge in [-0.05, 0) is 13.0 Å². The van der Waals surface area contributed by atoms with Crippen LogP contribution in [0.4, 0.5) is 8.78 Å². The molecular formula is C16H15F2NO4. The second-order valence-electron chi connectivity index (χ2n) is 5.18. The summed E-state index contributed by atoms with van der Waals surface area (Å²) in [7, 11) is 1.45. The second kappa shape index (κ2) is 6.60. The lowest BCUT2D eigenvalue weighted by atomic mass is 10.1. The van der Waals surface area contributed by atoms with Crippen LogP contribution >= 0.6 is 0 Å². The average molecular weight is 323 g/mol. The Morgan fingerprint density at radius 3 is 2.61 bits per heavy atom. The zero-order chi connectivity index (χ0) is 17.1. The topological polar surface area (TPSA) is 70.7 Å². The summed E-state index contributed by atoms with van der Waals surface area (Å²) in [5.74, 6) is -3.02. The van der Waals surface area contributed by atoms with Crippen LogP contribution in [0.5, 0.6) is 0 Å². The van der Waals surface area contributed by atoms with E-state index in [4.69, 9.17) is 9.52 Å². The second-order valence-corrected chi connectivity index (χ2v) is 5.18. The van der Waals surface area contributed by atoms with Crippen molar-refractivity contribution in [2.75, 3.05) is 7.05 Å². The Hall–Kier alpha value is -2.70. The van der Waals surface area contributed by atoms with E-state index in [0.717, 1.165) is 12.1 Å². The Kier molecular flexibility index (Phi) is 4.78. The van der Waals surface area contributed by atoms with Crippen LogP contribution in [0.3, 0.4) is 0 Å². The maximum Gasteiger partial charge on any atom is 0.311 e. The molecule has 0 unspecified atom stereocenters. The number of carboxylic acid groups (broad SMARTS) is 1. The van der Waals surface area contributed by atoms with E-state index in [9.17, 15) is 18.4 Å². The fraction of sp³-hybridized carbons (Fsp3) is 0.250. The standard InChI is InChI=1S/C16H15F2NO4/c1-9-8-23-13(6-14(20)21)15(9)16(22)19(2)7-10-3-4-11(17)5-12(10)18/h3-5,8H,6-7H2,1-2H3,(H,20,21). The number of halogens is 2. The number of benzene rings is 1. The molecule has 1 aromatic carbocycles. The van der Waals surface area contributed by atoms with Crippen molar-refractivity contribution >= 4 is 11.9 Å². The predicted octanol–water partition coefficient (Wildman–Crippen LogP) is 2.77. The molecule has 0 aliphatic rings. The Bertz CT molecular complexity index is 755. The van der Waals surface area contributed by atoms with E-state index in [1.165, 1.54) is 24.3 Å². The van der Waals surface area contributed by atoms with Crippen molar-refractivity contribution in [2.24, 2.45) is 0 Å². The highest BCUT2D eigenvalue weighted by Crippen LogP contribution is 2.21. The Labute approximate surface area is 131 Å². The number of hydrogen-bond acceptors (Lipinski definition) is 3. The average Bonchev–Trinajstić information content (AvgIpc) is 2.81.